The minimum Gasteiger partial charge on any atom is -0.393 e. The van der Waals surface area contributed by atoms with Crippen molar-refractivity contribution in [3.05, 3.63) is 22.4 Å². The van der Waals surface area contributed by atoms with Crippen LogP contribution in [0, 0.1) is 5.92 Å². The van der Waals surface area contributed by atoms with E-state index in [0.717, 1.165) is 17.8 Å². The van der Waals surface area contributed by atoms with Gasteiger partial charge in [0, 0.05) is 11.4 Å². The highest BCUT2D eigenvalue weighted by Crippen LogP contribution is 2.18. The molecule has 1 aliphatic heterocycles. The highest BCUT2D eigenvalue weighted by molar-refractivity contribution is 7.09. The Kier molecular flexibility index (Phi) is 5.72. The molecule has 2 rings (SSSR count). The summed E-state index contributed by atoms with van der Waals surface area (Å²) in [6, 6.07) is 3.36. The molecular weight excluding hydrogens is 290 g/mol. The summed E-state index contributed by atoms with van der Waals surface area (Å²) in [4.78, 5) is 26.4. The fourth-order valence-corrected chi connectivity index (χ4v) is 3.04. The summed E-state index contributed by atoms with van der Waals surface area (Å²) >= 11 is 1.55. The third kappa shape index (κ3) is 5.11. The molecule has 2 heterocycles. The lowest BCUT2D eigenvalue weighted by Gasteiger charge is -2.16. The summed E-state index contributed by atoms with van der Waals surface area (Å²) in [5.41, 5.74) is 0. The first-order valence-corrected chi connectivity index (χ1v) is 7.93. The van der Waals surface area contributed by atoms with Gasteiger partial charge in [-0.2, -0.15) is 0 Å². The van der Waals surface area contributed by atoms with Crippen molar-refractivity contribution in [2.75, 3.05) is 19.6 Å². The molecule has 0 saturated carbocycles. The van der Waals surface area contributed by atoms with E-state index in [0.29, 0.717) is 13.1 Å². The highest BCUT2D eigenvalue weighted by Gasteiger charge is 2.27. The summed E-state index contributed by atoms with van der Waals surface area (Å²) in [5.74, 6) is -0.102. The predicted octanol–water partition coefficient (Wildman–Crippen LogP) is 0.777. The molecule has 1 saturated heterocycles. The van der Waals surface area contributed by atoms with E-state index in [2.05, 4.69) is 10.6 Å². The second-order valence-electron chi connectivity index (χ2n) is 5.33. The van der Waals surface area contributed by atoms with E-state index >= 15 is 0 Å². The van der Waals surface area contributed by atoms with Crippen LogP contribution in [0.1, 0.15) is 18.2 Å². The molecule has 1 fully saturated rings. The SMILES string of the molecule is CC(O)C1CCN(CC(=O)NC(=O)NCc2cccs2)C1. The van der Waals surface area contributed by atoms with Gasteiger partial charge in [0.1, 0.15) is 0 Å². The van der Waals surface area contributed by atoms with Crippen LogP contribution in [0.25, 0.3) is 0 Å². The van der Waals surface area contributed by atoms with E-state index in [4.69, 9.17) is 0 Å². The van der Waals surface area contributed by atoms with Crippen LogP contribution >= 0.6 is 11.3 Å². The van der Waals surface area contributed by atoms with Gasteiger partial charge >= 0.3 is 6.03 Å². The van der Waals surface area contributed by atoms with Crippen LogP contribution in [0.2, 0.25) is 0 Å². The topological polar surface area (TPSA) is 81.7 Å². The van der Waals surface area contributed by atoms with E-state index in [9.17, 15) is 14.7 Å². The Morgan fingerprint density at radius 3 is 3.00 bits per heavy atom. The average Bonchev–Trinajstić information content (AvgIpc) is 3.06. The second kappa shape index (κ2) is 7.53. The summed E-state index contributed by atoms with van der Waals surface area (Å²) in [6.07, 6.45) is 0.530. The lowest BCUT2D eigenvalue weighted by atomic mass is 10.0. The number of hydrogen-bond donors (Lipinski definition) is 3. The number of nitrogens with one attached hydrogen (secondary N) is 2. The van der Waals surface area contributed by atoms with Gasteiger partial charge in [0.2, 0.25) is 5.91 Å². The third-order valence-electron chi connectivity index (χ3n) is 3.61. The zero-order chi connectivity index (χ0) is 15.2. The lowest BCUT2D eigenvalue weighted by molar-refractivity contribution is -0.121. The zero-order valence-electron chi connectivity index (χ0n) is 12.0. The van der Waals surface area contributed by atoms with Crippen LogP contribution in [-0.2, 0) is 11.3 Å². The van der Waals surface area contributed by atoms with E-state index in [1.165, 1.54) is 0 Å². The third-order valence-corrected chi connectivity index (χ3v) is 4.49. The number of likely N-dealkylation sites (tertiary alicyclic amines) is 1. The maximum absolute atomic E-state index is 11.8. The second-order valence-corrected chi connectivity index (χ2v) is 6.37. The van der Waals surface area contributed by atoms with Crippen molar-refractivity contribution in [1.82, 2.24) is 15.5 Å². The van der Waals surface area contributed by atoms with Gasteiger partial charge in [-0.25, -0.2) is 4.79 Å². The molecule has 1 aliphatic rings. The summed E-state index contributed by atoms with van der Waals surface area (Å²) < 4.78 is 0. The summed E-state index contributed by atoms with van der Waals surface area (Å²) in [6.45, 7) is 3.86. The number of amides is 3. The molecule has 21 heavy (non-hydrogen) atoms. The Morgan fingerprint density at radius 1 is 1.57 bits per heavy atom. The Bertz CT molecular complexity index is 476. The average molecular weight is 311 g/mol. The van der Waals surface area contributed by atoms with Crippen molar-refractivity contribution in [3.8, 4) is 0 Å². The Balaban J connectivity index is 1.66. The van der Waals surface area contributed by atoms with Gasteiger partial charge in [0.25, 0.3) is 0 Å². The number of urea groups is 1. The number of nitrogens with zero attached hydrogens (tertiary/aromatic N) is 1. The number of rotatable bonds is 5. The standard InChI is InChI=1S/C14H21N3O3S/c1-10(18)11-4-5-17(8-11)9-13(19)16-14(20)15-7-12-3-2-6-21-12/h2-3,6,10-11,18H,4-5,7-9H2,1H3,(H2,15,16,19,20). The van der Waals surface area contributed by atoms with Crippen LogP contribution in [-0.4, -0.2) is 47.7 Å². The Morgan fingerprint density at radius 2 is 2.38 bits per heavy atom. The molecule has 7 heteroatoms. The molecule has 1 aromatic heterocycles. The number of carbonyl (C=O) groups excluding carboxylic acids is 2. The van der Waals surface area contributed by atoms with Gasteiger partial charge in [-0.15, -0.1) is 11.3 Å². The monoisotopic (exact) mass is 311 g/mol. The lowest BCUT2D eigenvalue weighted by Crippen LogP contribution is -2.44. The molecular formula is C14H21N3O3S. The van der Waals surface area contributed by atoms with Gasteiger partial charge in [-0.1, -0.05) is 6.07 Å². The predicted molar refractivity (Wildman–Crippen MR) is 80.9 cm³/mol. The molecule has 1 aromatic rings. The molecule has 6 nitrogen and oxygen atoms in total. The number of thiophene rings is 1. The molecule has 0 aliphatic carbocycles. The van der Waals surface area contributed by atoms with Crippen LogP contribution in [0.15, 0.2) is 17.5 Å². The van der Waals surface area contributed by atoms with Gasteiger partial charge in [-0.05, 0) is 37.3 Å². The largest absolute Gasteiger partial charge is 0.393 e. The molecule has 3 N–H and O–H groups in total. The van der Waals surface area contributed by atoms with Crippen molar-refractivity contribution in [1.29, 1.82) is 0 Å². The van der Waals surface area contributed by atoms with Gasteiger partial charge in [0.05, 0.1) is 19.2 Å². The fourth-order valence-electron chi connectivity index (χ4n) is 2.39. The maximum Gasteiger partial charge on any atom is 0.321 e. The van der Waals surface area contributed by atoms with Crippen molar-refractivity contribution >= 4 is 23.3 Å². The van der Waals surface area contributed by atoms with E-state index in [1.54, 1.807) is 18.3 Å². The van der Waals surface area contributed by atoms with Crippen molar-refractivity contribution in [2.45, 2.75) is 26.0 Å². The molecule has 2 atom stereocenters. The number of aliphatic hydroxyl groups is 1. The number of imide groups is 1. The molecule has 3 amide bonds. The molecule has 0 spiro atoms. The first-order valence-electron chi connectivity index (χ1n) is 7.05. The fraction of sp³-hybridized carbons (Fsp3) is 0.571. The molecule has 0 radical (unpaired) electrons. The highest BCUT2D eigenvalue weighted by atomic mass is 32.1. The first-order chi connectivity index (χ1) is 10.0. The van der Waals surface area contributed by atoms with Crippen LogP contribution in [0.5, 0.6) is 0 Å². The van der Waals surface area contributed by atoms with Gasteiger partial charge < -0.3 is 10.4 Å². The smallest absolute Gasteiger partial charge is 0.321 e. The Labute approximate surface area is 128 Å². The summed E-state index contributed by atoms with van der Waals surface area (Å²) in [5, 5.41) is 16.4. The van der Waals surface area contributed by atoms with E-state index in [1.807, 2.05) is 22.4 Å². The van der Waals surface area contributed by atoms with E-state index < -0.39 is 6.03 Å². The molecule has 2 unspecified atom stereocenters. The van der Waals surface area contributed by atoms with Gasteiger partial charge in [-0.3, -0.25) is 15.0 Å². The Hall–Kier alpha value is -1.44. The molecule has 0 bridgehead atoms. The van der Waals surface area contributed by atoms with Crippen LogP contribution < -0.4 is 10.6 Å². The summed E-state index contributed by atoms with van der Waals surface area (Å²) in [7, 11) is 0. The number of carbonyl (C=O) groups is 2. The van der Waals surface area contributed by atoms with Crippen molar-refractivity contribution in [2.24, 2.45) is 5.92 Å². The minimum atomic E-state index is -0.473. The van der Waals surface area contributed by atoms with E-state index in [-0.39, 0.29) is 24.5 Å². The maximum atomic E-state index is 11.8. The van der Waals surface area contributed by atoms with Gasteiger partial charge in [0.15, 0.2) is 0 Å². The number of hydrogen-bond acceptors (Lipinski definition) is 5. The van der Waals surface area contributed by atoms with Crippen molar-refractivity contribution in [3.63, 3.8) is 0 Å². The normalized spacial score (nSPS) is 20.2. The molecule has 116 valence electrons. The molecule has 0 aromatic carbocycles. The zero-order valence-corrected chi connectivity index (χ0v) is 12.9. The quantitative estimate of drug-likeness (QED) is 0.750. The van der Waals surface area contributed by atoms with Crippen LogP contribution in [0.4, 0.5) is 4.79 Å². The first kappa shape index (κ1) is 15.9. The van der Waals surface area contributed by atoms with Crippen molar-refractivity contribution < 1.29 is 14.7 Å². The minimum absolute atomic E-state index is 0.190. The van der Waals surface area contributed by atoms with Crippen LogP contribution in [0.3, 0.4) is 0 Å². The number of aliphatic hydroxyl groups excluding tert-OH is 1.